The van der Waals surface area contributed by atoms with E-state index in [4.69, 9.17) is 5.41 Å². The number of pyridine rings is 1. The van der Waals surface area contributed by atoms with Gasteiger partial charge in [-0.3, -0.25) is 15.2 Å². The molecule has 3 heterocycles. The molecule has 0 aliphatic carbocycles. The monoisotopic (exact) mass is 336 g/mol. The molecule has 4 rings (SSSR count). The van der Waals surface area contributed by atoms with Gasteiger partial charge in [0.25, 0.3) is 5.56 Å². The summed E-state index contributed by atoms with van der Waals surface area (Å²) in [6.45, 7) is 0. The van der Waals surface area contributed by atoms with Crippen LogP contribution >= 0.6 is 11.3 Å². The normalized spacial score (nSPS) is 13.9. The molecule has 7 heteroatoms. The highest BCUT2D eigenvalue weighted by molar-refractivity contribution is 7.10. The van der Waals surface area contributed by atoms with Gasteiger partial charge in [-0.15, -0.1) is 11.3 Å². The zero-order valence-electron chi connectivity index (χ0n) is 12.4. The van der Waals surface area contributed by atoms with Crippen molar-refractivity contribution in [3.63, 3.8) is 0 Å². The van der Waals surface area contributed by atoms with E-state index in [1.165, 1.54) is 16.3 Å². The number of H-pyrrole nitrogens is 1. The topological polar surface area (TPSA) is 92.5 Å². The molecule has 1 aromatic carbocycles. The maximum absolute atomic E-state index is 12.3. The van der Waals surface area contributed by atoms with Crippen LogP contribution in [-0.2, 0) is 0 Å². The fraction of sp³-hybridized carbons (Fsp3) is 0. The highest BCUT2D eigenvalue weighted by atomic mass is 32.1. The number of aromatic hydroxyl groups is 1. The summed E-state index contributed by atoms with van der Waals surface area (Å²) in [7, 11) is 0. The lowest BCUT2D eigenvalue weighted by Gasteiger charge is -2.13. The van der Waals surface area contributed by atoms with Crippen molar-refractivity contribution in [2.45, 2.75) is 0 Å². The molecule has 0 radical (unpaired) electrons. The van der Waals surface area contributed by atoms with E-state index >= 15 is 0 Å². The van der Waals surface area contributed by atoms with Gasteiger partial charge in [-0.05, 0) is 29.7 Å². The second-order valence-corrected chi connectivity index (χ2v) is 6.18. The number of hydrogen-bond acceptors (Lipinski definition) is 5. The van der Waals surface area contributed by atoms with Crippen LogP contribution in [0.1, 0.15) is 10.4 Å². The van der Waals surface area contributed by atoms with Crippen LogP contribution in [0.15, 0.2) is 57.7 Å². The number of benzene rings is 1. The number of aromatic nitrogens is 1. The van der Waals surface area contributed by atoms with Crippen molar-refractivity contribution >= 4 is 28.9 Å². The largest absolute Gasteiger partial charge is 0.494 e. The molecule has 0 spiro atoms. The molecule has 6 nitrogen and oxygen atoms in total. The van der Waals surface area contributed by atoms with Crippen LogP contribution in [0, 0.1) is 5.41 Å². The van der Waals surface area contributed by atoms with E-state index < -0.39 is 5.56 Å². The van der Waals surface area contributed by atoms with Crippen molar-refractivity contribution in [2.75, 3.05) is 5.01 Å². The van der Waals surface area contributed by atoms with E-state index in [1.807, 2.05) is 47.8 Å². The van der Waals surface area contributed by atoms with E-state index in [0.29, 0.717) is 16.3 Å². The van der Waals surface area contributed by atoms with Crippen LogP contribution in [0.3, 0.4) is 0 Å². The third-order valence-electron chi connectivity index (χ3n) is 3.68. The maximum atomic E-state index is 12.3. The predicted molar refractivity (Wildman–Crippen MR) is 93.1 cm³/mol. The van der Waals surface area contributed by atoms with Crippen LogP contribution in [0.2, 0.25) is 0 Å². The van der Waals surface area contributed by atoms with Crippen LogP contribution < -0.4 is 21.1 Å². The molecule has 0 saturated carbocycles. The summed E-state index contributed by atoms with van der Waals surface area (Å²) in [5.41, 5.74) is 0.472. The molecular weight excluding hydrogens is 324 g/mol. The molecule has 1 aliphatic rings. The molecule has 2 aromatic heterocycles. The summed E-state index contributed by atoms with van der Waals surface area (Å²) in [6, 6.07) is 12.9. The van der Waals surface area contributed by atoms with Gasteiger partial charge >= 0.3 is 0 Å². The lowest BCUT2D eigenvalue weighted by Crippen LogP contribution is -2.42. The Kier molecular flexibility index (Phi) is 3.28. The van der Waals surface area contributed by atoms with Crippen LogP contribution in [0.5, 0.6) is 5.88 Å². The van der Waals surface area contributed by atoms with E-state index in [1.54, 1.807) is 6.08 Å². The first-order valence-corrected chi connectivity index (χ1v) is 8.06. The van der Waals surface area contributed by atoms with Gasteiger partial charge in [0.15, 0.2) is 5.84 Å². The number of aromatic amines is 1. The van der Waals surface area contributed by atoms with Gasteiger partial charge in [-0.2, -0.15) is 5.10 Å². The number of hydrogen-bond donors (Lipinski definition) is 3. The number of nitrogens with one attached hydrogen (secondary N) is 2. The van der Waals surface area contributed by atoms with Gasteiger partial charge in [0.2, 0.25) is 5.88 Å². The van der Waals surface area contributed by atoms with Gasteiger partial charge in [0.1, 0.15) is 10.9 Å². The number of fused-ring (bicyclic) bond motifs is 1. The second kappa shape index (κ2) is 5.47. The molecule has 0 atom stereocenters. The minimum atomic E-state index is -0.439. The summed E-state index contributed by atoms with van der Waals surface area (Å²) in [6.07, 6.45) is 1.72. The average molecular weight is 336 g/mol. The van der Waals surface area contributed by atoms with Crippen molar-refractivity contribution in [3.8, 4) is 5.88 Å². The van der Waals surface area contributed by atoms with Crippen LogP contribution in [0.4, 0.5) is 5.69 Å². The minimum absolute atomic E-state index is 0.0192. The number of thiophene rings is 1. The van der Waals surface area contributed by atoms with Crippen molar-refractivity contribution < 1.29 is 5.11 Å². The molecule has 24 heavy (non-hydrogen) atoms. The molecule has 118 valence electrons. The number of para-hydroxylation sites is 1. The van der Waals surface area contributed by atoms with Crippen LogP contribution in [-0.4, -0.2) is 15.9 Å². The van der Waals surface area contributed by atoms with Gasteiger partial charge in [-0.25, -0.2) is 5.01 Å². The second-order valence-electron chi connectivity index (χ2n) is 5.20. The van der Waals surface area contributed by atoms with E-state index in [9.17, 15) is 9.90 Å². The Morgan fingerprint density at radius 3 is 2.71 bits per heavy atom. The number of nitrogens with zero attached hydrogens (tertiary/aromatic N) is 2. The first-order valence-electron chi connectivity index (χ1n) is 7.18. The first kappa shape index (κ1) is 14.4. The Balaban J connectivity index is 2.01. The Bertz CT molecular complexity index is 1100. The molecular formula is C17H12N4O2S. The van der Waals surface area contributed by atoms with E-state index in [0.717, 1.165) is 4.88 Å². The Morgan fingerprint density at radius 1 is 1.21 bits per heavy atom. The molecule has 0 bridgehead atoms. The lowest BCUT2D eigenvalue weighted by molar-refractivity contribution is 0.449. The summed E-state index contributed by atoms with van der Waals surface area (Å²) >= 11 is 1.49. The summed E-state index contributed by atoms with van der Waals surface area (Å²) in [5, 5.41) is 26.8. The molecule has 1 aliphatic heterocycles. The fourth-order valence-corrected chi connectivity index (χ4v) is 3.24. The quantitative estimate of drug-likeness (QED) is 0.659. The maximum Gasteiger partial charge on any atom is 0.260 e. The minimum Gasteiger partial charge on any atom is -0.494 e. The first-order chi connectivity index (χ1) is 11.6. The smallest absolute Gasteiger partial charge is 0.260 e. The van der Waals surface area contributed by atoms with Crippen molar-refractivity contribution in [2.24, 2.45) is 5.10 Å². The molecule has 0 fully saturated rings. The standard InChI is InChI=1S/C17H12N4O2S/c18-15-13-14(20-21(15)10-5-2-1-3-6-10)12(16(22)19-17(13)23)9-11-7-4-8-24-11/h1-9,18,23H,(H,19,22). The Morgan fingerprint density at radius 2 is 2.00 bits per heavy atom. The average Bonchev–Trinajstić information content (AvgIpc) is 3.20. The van der Waals surface area contributed by atoms with Gasteiger partial charge in [-0.1, -0.05) is 24.3 Å². The van der Waals surface area contributed by atoms with Gasteiger partial charge in [0.05, 0.1) is 10.9 Å². The van der Waals surface area contributed by atoms with Gasteiger partial charge in [0, 0.05) is 4.88 Å². The van der Waals surface area contributed by atoms with Gasteiger partial charge < -0.3 is 5.11 Å². The number of rotatable bonds is 2. The molecule has 3 aromatic rings. The van der Waals surface area contributed by atoms with Crippen molar-refractivity contribution in [1.82, 2.24) is 4.98 Å². The number of anilines is 1. The van der Waals surface area contributed by atoms with Crippen LogP contribution in [0.25, 0.3) is 6.08 Å². The zero-order chi connectivity index (χ0) is 16.7. The molecule has 0 saturated heterocycles. The molecule has 0 unspecified atom stereocenters. The Hall–Kier alpha value is -3.19. The highest BCUT2D eigenvalue weighted by Crippen LogP contribution is 2.21. The van der Waals surface area contributed by atoms with Crippen molar-refractivity contribution in [3.05, 3.63) is 79.2 Å². The lowest BCUT2D eigenvalue weighted by atomic mass is 10.2. The fourth-order valence-electron chi connectivity index (χ4n) is 2.58. The Labute approximate surface area is 140 Å². The highest BCUT2D eigenvalue weighted by Gasteiger charge is 2.26. The SMILES string of the molecule is N=C1c2c(O)[nH]c(=O)c(=Cc3cccs3)c2=NN1c1ccccc1. The summed E-state index contributed by atoms with van der Waals surface area (Å²) < 4.78 is 0. The van der Waals surface area contributed by atoms with E-state index in [-0.39, 0.29) is 17.3 Å². The molecule has 3 N–H and O–H groups in total. The predicted octanol–water partition coefficient (Wildman–Crippen LogP) is 1.35. The van der Waals surface area contributed by atoms with E-state index in [2.05, 4.69) is 10.1 Å². The number of amidine groups is 1. The summed E-state index contributed by atoms with van der Waals surface area (Å²) in [4.78, 5) is 15.6. The summed E-state index contributed by atoms with van der Waals surface area (Å²) in [5.74, 6) is -0.323. The zero-order valence-corrected chi connectivity index (χ0v) is 13.2. The third kappa shape index (κ3) is 2.22. The van der Waals surface area contributed by atoms with Crippen molar-refractivity contribution in [1.29, 1.82) is 5.41 Å². The molecule has 0 amide bonds. The third-order valence-corrected chi connectivity index (χ3v) is 4.50.